The van der Waals surface area contributed by atoms with Gasteiger partial charge in [0.15, 0.2) is 5.82 Å². The number of benzene rings is 1. The molecule has 0 aliphatic heterocycles. The van der Waals surface area contributed by atoms with Crippen LogP contribution in [0.25, 0.3) is 4.96 Å². The van der Waals surface area contributed by atoms with E-state index in [0.717, 1.165) is 17.1 Å². The molecular formula is C12H12FN5O2S2. The lowest BCUT2D eigenvalue weighted by Gasteiger charge is -2.05. The molecule has 0 bridgehead atoms. The second-order valence-corrected chi connectivity index (χ2v) is 7.35. The number of hydrogen-bond donors (Lipinski definition) is 1. The molecule has 3 aromatic rings. The van der Waals surface area contributed by atoms with Crippen molar-refractivity contribution in [2.24, 2.45) is 0 Å². The molecule has 0 spiro atoms. The molecule has 0 radical (unpaired) electrons. The minimum absolute atomic E-state index is 0.0304. The van der Waals surface area contributed by atoms with Gasteiger partial charge in [-0.25, -0.2) is 17.5 Å². The Hall–Kier alpha value is -1.91. The number of fused-ring (bicyclic) bond motifs is 1. The highest BCUT2D eigenvalue weighted by molar-refractivity contribution is 7.89. The van der Waals surface area contributed by atoms with E-state index in [4.69, 9.17) is 0 Å². The van der Waals surface area contributed by atoms with Gasteiger partial charge in [-0.3, -0.25) is 0 Å². The number of nitrogens with one attached hydrogen (secondary N) is 1. The molecule has 1 aromatic carbocycles. The molecule has 116 valence electrons. The van der Waals surface area contributed by atoms with Gasteiger partial charge in [0.05, 0.1) is 4.90 Å². The Morgan fingerprint density at radius 3 is 2.68 bits per heavy atom. The Labute approximate surface area is 129 Å². The van der Waals surface area contributed by atoms with Crippen LogP contribution in [0.2, 0.25) is 0 Å². The van der Waals surface area contributed by atoms with Crippen LogP contribution in [0.5, 0.6) is 0 Å². The average molecular weight is 341 g/mol. The molecule has 0 aliphatic rings. The van der Waals surface area contributed by atoms with Crippen LogP contribution < -0.4 is 4.72 Å². The average Bonchev–Trinajstić information content (AvgIpc) is 3.02. The van der Waals surface area contributed by atoms with E-state index >= 15 is 0 Å². The van der Waals surface area contributed by atoms with Crippen molar-refractivity contribution in [3.63, 3.8) is 0 Å². The van der Waals surface area contributed by atoms with Gasteiger partial charge >= 0.3 is 0 Å². The van der Waals surface area contributed by atoms with Crippen LogP contribution in [0.15, 0.2) is 29.2 Å². The lowest BCUT2D eigenvalue weighted by molar-refractivity contribution is 0.580. The molecule has 10 heteroatoms. The smallest absolute Gasteiger partial charge is 0.211 e. The monoisotopic (exact) mass is 341 g/mol. The van der Waals surface area contributed by atoms with E-state index in [1.807, 2.05) is 0 Å². The lowest BCUT2D eigenvalue weighted by atomic mass is 10.4. The predicted octanol–water partition coefficient (Wildman–Crippen LogP) is 1.15. The zero-order chi connectivity index (χ0) is 15.7. The molecule has 0 unspecified atom stereocenters. The van der Waals surface area contributed by atoms with Crippen LogP contribution in [0.3, 0.4) is 0 Å². The van der Waals surface area contributed by atoms with E-state index in [9.17, 15) is 12.8 Å². The minimum Gasteiger partial charge on any atom is -0.211 e. The summed E-state index contributed by atoms with van der Waals surface area (Å²) in [7, 11) is -3.65. The van der Waals surface area contributed by atoms with Gasteiger partial charge in [0.1, 0.15) is 10.8 Å². The number of aromatic nitrogens is 4. The molecule has 0 saturated heterocycles. The summed E-state index contributed by atoms with van der Waals surface area (Å²) in [6, 6.07) is 4.68. The Kier molecular flexibility index (Phi) is 3.89. The van der Waals surface area contributed by atoms with Crippen molar-refractivity contribution in [2.75, 3.05) is 6.54 Å². The molecule has 2 aromatic heterocycles. The number of nitrogens with zero attached hydrogens (tertiary/aromatic N) is 4. The lowest BCUT2D eigenvalue weighted by Crippen LogP contribution is -2.26. The summed E-state index contributed by atoms with van der Waals surface area (Å²) in [5.41, 5.74) is 0. The maximum atomic E-state index is 12.8. The molecule has 0 fully saturated rings. The van der Waals surface area contributed by atoms with Gasteiger partial charge in [-0.05, 0) is 31.2 Å². The second-order valence-electron chi connectivity index (χ2n) is 4.54. The topological polar surface area (TPSA) is 89.2 Å². The maximum absolute atomic E-state index is 12.8. The largest absolute Gasteiger partial charge is 0.240 e. The highest BCUT2D eigenvalue weighted by Crippen LogP contribution is 2.14. The van der Waals surface area contributed by atoms with Gasteiger partial charge in [-0.1, -0.05) is 11.3 Å². The standard InChI is InChI=1S/C12H12FN5O2S2/c1-8-15-16-12-18(8)17-11(21-12)6-7-14-22(19,20)10-4-2-9(13)3-5-10/h2-5,14H,6-7H2,1H3. The second kappa shape index (κ2) is 5.71. The van der Waals surface area contributed by atoms with E-state index < -0.39 is 15.8 Å². The first-order valence-electron chi connectivity index (χ1n) is 6.39. The van der Waals surface area contributed by atoms with Crippen LogP contribution in [0.4, 0.5) is 4.39 Å². The van der Waals surface area contributed by atoms with Gasteiger partial charge in [0.2, 0.25) is 15.0 Å². The van der Waals surface area contributed by atoms with Crippen molar-refractivity contribution in [2.45, 2.75) is 18.2 Å². The molecule has 7 nitrogen and oxygen atoms in total. The summed E-state index contributed by atoms with van der Waals surface area (Å²) < 4.78 is 41.0. The van der Waals surface area contributed by atoms with Crippen LogP contribution in [0.1, 0.15) is 10.8 Å². The van der Waals surface area contributed by atoms with Crippen LogP contribution in [-0.2, 0) is 16.4 Å². The number of rotatable bonds is 5. The first kappa shape index (κ1) is 15.0. The van der Waals surface area contributed by atoms with Crippen molar-refractivity contribution < 1.29 is 12.8 Å². The molecule has 2 heterocycles. The Balaban J connectivity index is 1.65. The summed E-state index contributed by atoms with van der Waals surface area (Å²) in [6.07, 6.45) is 0.438. The quantitative estimate of drug-likeness (QED) is 0.752. The molecule has 0 atom stereocenters. The van der Waals surface area contributed by atoms with Crippen molar-refractivity contribution in [3.8, 4) is 0 Å². The summed E-state index contributed by atoms with van der Waals surface area (Å²) in [4.78, 5) is 0.705. The summed E-state index contributed by atoms with van der Waals surface area (Å²) in [5.74, 6) is 0.207. The number of hydrogen-bond acceptors (Lipinski definition) is 6. The summed E-state index contributed by atoms with van der Waals surface area (Å²) >= 11 is 1.36. The highest BCUT2D eigenvalue weighted by Gasteiger charge is 2.14. The van der Waals surface area contributed by atoms with E-state index in [2.05, 4.69) is 20.0 Å². The Bertz CT molecular complexity index is 901. The molecular weight excluding hydrogens is 329 g/mol. The number of aryl methyl sites for hydroxylation is 1. The van der Waals surface area contributed by atoms with Gasteiger partial charge in [0, 0.05) is 13.0 Å². The summed E-state index contributed by atoms with van der Waals surface area (Å²) in [5, 5.41) is 12.9. The molecule has 3 rings (SSSR count). The predicted molar refractivity (Wildman–Crippen MR) is 78.7 cm³/mol. The first-order valence-corrected chi connectivity index (χ1v) is 8.68. The van der Waals surface area contributed by atoms with Crippen molar-refractivity contribution in [3.05, 3.63) is 40.9 Å². The van der Waals surface area contributed by atoms with E-state index in [-0.39, 0.29) is 11.4 Å². The van der Waals surface area contributed by atoms with E-state index in [1.165, 1.54) is 23.5 Å². The Morgan fingerprint density at radius 1 is 1.27 bits per heavy atom. The van der Waals surface area contributed by atoms with Gasteiger partial charge < -0.3 is 0 Å². The molecule has 0 aliphatic carbocycles. The third-order valence-electron chi connectivity index (χ3n) is 2.94. The van der Waals surface area contributed by atoms with Crippen molar-refractivity contribution in [1.29, 1.82) is 0 Å². The molecule has 0 amide bonds. The van der Waals surface area contributed by atoms with Crippen molar-refractivity contribution >= 4 is 26.3 Å². The fourth-order valence-electron chi connectivity index (χ4n) is 1.84. The van der Waals surface area contributed by atoms with Gasteiger partial charge in [-0.2, -0.15) is 9.61 Å². The SMILES string of the molecule is Cc1nnc2sc(CCNS(=O)(=O)c3ccc(F)cc3)nn12. The zero-order valence-electron chi connectivity index (χ0n) is 11.5. The third kappa shape index (κ3) is 2.98. The minimum atomic E-state index is -3.65. The van der Waals surface area contributed by atoms with Gasteiger partial charge in [0.25, 0.3) is 0 Å². The molecule has 22 heavy (non-hydrogen) atoms. The van der Waals surface area contributed by atoms with Gasteiger partial charge in [-0.15, -0.1) is 10.2 Å². The fraction of sp³-hybridized carbons (Fsp3) is 0.250. The summed E-state index contributed by atoms with van der Waals surface area (Å²) in [6.45, 7) is 1.99. The normalized spacial score (nSPS) is 12.1. The van der Waals surface area contributed by atoms with E-state index in [0.29, 0.717) is 17.2 Å². The van der Waals surface area contributed by atoms with Crippen LogP contribution >= 0.6 is 11.3 Å². The van der Waals surface area contributed by atoms with Crippen LogP contribution in [0, 0.1) is 12.7 Å². The Morgan fingerprint density at radius 2 is 2.00 bits per heavy atom. The van der Waals surface area contributed by atoms with Crippen molar-refractivity contribution in [1.82, 2.24) is 24.5 Å². The van der Waals surface area contributed by atoms with E-state index in [1.54, 1.807) is 11.4 Å². The maximum Gasteiger partial charge on any atom is 0.240 e. The first-order chi connectivity index (χ1) is 10.5. The third-order valence-corrected chi connectivity index (χ3v) is 5.38. The molecule has 1 N–H and O–H groups in total. The zero-order valence-corrected chi connectivity index (χ0v) is 13.2. The highest BCUT2D eigenvalue weighted by atomic mass is 32.2. The fourth-order valence-corrected chi connectivity index (χ4v) is 3.76. The number of sulfonamides is 1. The number of halogens is 1. The van der Waals surface area contributed by atoms with Crippen LogP contribution in [-0.4, -0.2) is 34.8 Å². The molecule has 0 saturated carbocycles.